The number of benzene rings is 1. The summed E-state index contributed by atoms with van der Waals surface area (Å²) in [6.07, 6.45) is 2.66. The highest BCUT2D eigenvalue weighted by atomic mass is 32.2. The predicted octanol–water partition coefficient (Wildman–Crippen LogP) is 2.04. The quantitative estimate of drug-likeness (QED) is 0.848. The molecule has 5 nitrogen and oxygen atoms in total. The first-order chi connectivity index (χ1) is 9.57. The fraction of sp³-hybridized carbons (Fsp3) is 0.357. The van der Waals surface area contributed by atoms with Crippen molar-refractivity contribution in [3.8, 4) is 0 Å². The minimum atomic E-state index is -3.28. The van der Waals surface area contributed by atoms with Gasteiger partial charge in [-0.05, 0) is 25.3 Å². The van der Waals surface area contributed by atoms with Gasteiger partial charge in [-0.1, -0.05) is 30.3 Å². The third-order valence-electron chi connectivity index (χ3n) is 3.02. The first-order valence-corrected chi connectivity index (χ1v) is 8.12. The van der Waals surface area contributed by atoms with Crippen LogP contribution in [-0.4, -0.2) is 19.2 Å². The third kappa shape index (κ3) is 4.47. The molecule has 0 saturated heterocycles. The Kier molecular flexibility index (Phi) is 4.92. The largest absolute Gasteiger partial charge is 0.447 e. The minimum Gasteiger partial charge on any atom is -0.447 e. The van der Waals surface area contributed by atoms with Gasteiger partial charge in [0.2, 0.25) is 10.0 Å². The van der Waals surface area contributed by atoms with Gasteiger partial charge in [0.1, 0.15) is 5.76 Å². The molecule has 0 fully saturated rings. The van der Waals surface area contributed by atoms with Crippen molar-refractivity contribution in [2.75, 3.05) is 5.75 Å². The number of aryl methyl sites for hydroxylation is 2. The Labute approximate surface area is 119 Å². The molecule has 0 saturated carbocycles. The zero-order valence-corrected chi connectivity index (χ0v) is 12.2. The molecule has 0 atom stereocenters. The summed E-state index contributed by atoms with van der Waals surface area (Å²) in [5, 5.41) is 0. The fourth-order valence-corrected chi connectivity index (χ4v) is 2.87. The van der Waals surface area contributed by atoms with E-state index in [1.807, 2.05) is 30.3 Å². The van der Waals surface area contributed by atoms with Crippen molar-refractivity contribution < 1.29 is 12.8 Å². The molecule has 1 heterocycles. The number of nitrogens with zero attached hydrogens (tertiary/aromatic N) is 1. The lowest BCUT2D eigenvalue weighted by Gasteiger charge is -2.05. The van der Waals surface area contributed by atoms with Gasteiger partial charge in [-0.2, -0.15) is 0 Å². The summed E-state index contributed by atoms with van der Waals surface area (Å²) in [6, 6.07) is 9.85. The van der Waals surface area contributed by atoms with Crippen LogP contribution in [0.5, 0.6) is 0 Å². The highest BCUT2D eigenvalue weighted by Crippen LogP contribution is 2.06. The van der Waals surface area contributed by atoms with Gasteiger partial charge in [-0.3, -0.25) is 0 Å². The topological polar surface area (TPSA) is 72.2 Å². The molecular weight excluding hydrogens is 276 g/mol. The number of rotatable bonds is 7. The molecule has 20 heavy (non-hydrogen) atoms. The van der Waals surface area contributed by atoms with Crippen LogP contribution in [0.15, 0.2) is 41.1 Å². The Balaban J connectivity index is 1.78. The zero-order valence-electron chi connectivity index (χ0n) is 11.4. The lowest BCUT2D eigenvalue weighted by atomic mass is 10.1. The van der Waals surface area contributed by atoms with Crippen molar-refractivity contribution in [3.05, 3.63) is 53.7 Å². The van der Waals surface area contributed by atoms with Gasteiger partial charge in [0.05, 0.1) is 18.0 Å². The molecule has 2 rings (SSSR count). The van der Waals surface area contributed by atoms with Gasteiger partial charge < -0.3 is 4.42 Å². The molecule has 108 valence electrons. The highest BCUT2D eigenvalue weighted by molar-refractivity contribution is 7.89. The second kappa shape index (κ2) is 6.67. The molecule has 1 aromatic heterocycles. The molecule has 0 aliphatic heterocycles. The van der Waals surface area contributed by atoms with E-state index in [4.69, 9.17) is 4.42 Å². The minimum absolute atomic E-state index is 0.106. The van der Waals surface area contributed by atoms with E-state index in [1.165, 1.54) is 6.39 Å². The van der Waals surface area contributed by atoms with Crippen LogP contribution in [0.25, 0.3) is 0 Å². The molecular formula is C14H18N2O3S. The molecule has 0 aliphatic rings. The van der Waals surface area contributed by atoms with Crippen LogP contribution in [0.2, 0.25) is 0 Å². The van der Waals surface area contributed by atoms with Gasteiger partial charge >= 0.3 is 0 Å². The SMILES string of the molecule is Cc1ncoc1CNS(=O)(=O)CCCc1ccccc1. The Bertz CT molecular complexity index is 635. The van der Waals surface area contributed by atoms with E-state index in [0.717, 1.165) is 12.0 Å². The van der Waals surface area contributed by atoms with Gasteiger partial charge in [-0.25, -0.2) is 18.1 Å². The molecule has 2 aromatic rings. The van der Waals surface area contributed by atoms with Crippen molar-refractivity contribution in [2.24, 2.45) is 0 Å². The molecule has 0 unspecified atom stereocenters. The Morgan fingerprint density at radius 2 is 2.00 bits per heavy atom. The van der Waals surface area contributed by atoms with Crippen molar-refractivity contribution in [2.45, 2.75) is 26.3 Å². The van der Waals surface area contributed by atoms with Crippen LogP contribution in [0.3, 0.4) is 0 Å². The highest BCUT2D eigenvalue weighted by Gasteiger charge is 2.12. The number of sulfonamides is 1. The number of hydrogen-bond acceptors (Lipinski definition) is 4. The van der Waals surface area contributed by atoms with E-state index >= 15 is 0 Å². The van der Waals surface area contributed by atoms with Crippen molar-refractivity contribution in [1.82, 2.24) is 9.71 Å². The normalized spacial score (nSPS) is 11.7. The Hall–Kier alpha value is -1.66. The summed E-state index contributed by atoms with van der Waals surface area (Å²) < 4.78 is 31.3. The molecule has 1 aromatic carbocycles. The fourth-order valence-electron chi connectivity index (χ4n) is 1.85. The van der Waals surface area contributed by atoms with Crippen LogP contribution >= 0.6 is 0 Å². The smallest absolute Gasteiger partial charge is 0.212 e. The zero-order chi connectivity index (χ0) is 14.4. The molecule has 1 N–H and O–H groups in total. The number of nitrogens with one attached hydrogen (secondary N) is 1. The maximum atomic E-state index is 11.9. The Morgan fingerprint density at radius 3 is 2.65 bits per heavy atom. The van der Waals surface area contributed by atoms with E-state index in [0.29, 0.717) is 17.9 Å². The first-order valence-electron chi connectivity index (χ1n) is 6.47. The number of aromatic nitrogens is 1. The predicted molar refractivity (Wildman–Crippen MR) is 76.6 cm³/mol. The van der Waals surface area contributed by atoms with Crippen LogP contribution < -0.4 is 4.72 Å². The molecule has 0 spiro atoms. The maximum Gasteiger partial charge on any atom is 0.212 e. The monoisotopic (exact) mass is 294 g/mol. The molecule has 6 heteroatoms. The van der Waals surface area contributed by atoms with E-state index in [1.54, 1.807) is 6.92 Å². The third-order valence-corrected chi connectivity index (χ3v) is 4.43. The van der Waals surface area contributed by atoms with Crippen LogP contribution in [0, 0.1) is 6.92 Å². The first kappa shape index (κ1) is 14.7. The molecule has 0 radical (unpaired) electrons. The van der Waals surface area contributed by atoms with Crippen LogP contribution in [0.4, 0.5) is 0 Å². The summed E-state index contributed by atoms with van der Waals surface area (Å²) in [6.45, 7) is 1.93. The molecule has 0 bridgehead atoms. The summed E-state index contributed by atoms with van der Waals surface area (Å²) in [5.74, 6) is 0.659. The van der Waals surface area contributed by atoms with E-state index < -0.39 is 10.0 Å². The van der Waals surface area contributed by atoms with Crippen LogP contribution in [0.1, 0.15) is 23.4 Å². The van der Waals surface area contributed by atoms with Gasteiger partial charge in [0, 0.05) is 0 Å². The van der Waals surface area contributed by atoms with Gasteiger partial charge in [-0.15, -0.1) is 0 Å². The van der Waals surface area contributed by atoms with Crippen molar-refractivity contribution in [3.63, 3.8) is 0 Å². The summed E-state index contributed by atoms with van der Waals surface area (Å²) in [5.41, 5.74) is 1.85. The van der Waals surface area contributed by atoms with E-state index in [2.05, 4.69) is 9.71 Å². The lowest BCUT2D eigenvalue weighted by Crippen LogP contribution is -2.26. The van der Waals surface area contributed by atoms with E-state index in [9.17, 15) is 8.42 Å². The average Bonchev–Trinajstić information content (AvgIpc) is 2.83. The van der Waals surface area contributed by atoms with Gasteiger partial charge in [0.15, 0.2) is 6.39 Å². The Morgan fingerprint density at radius 1 is 1.25 bits per heavy atom. The molecule has 0 amide bonds. The average molecular weight is 294 g/mol. The van der Waals surface area contributed by atoms with E-state index in [-0.39, 0.29) is 12.3 Å². The number of hydrogen-bond donors (Lipinski definition) is 1. The summed E-state index contributed by atoms with van der Waals surface area (Å²) in [7, 11) is -3.28. The van der Waals surface area contributed by atoms with Crippen molar-refractivity contribution in [1.29, 1.82) is 0 Å². The lowest BCUT2D eigenvalue weighted by molar-refractivity contribution is 0.492. The van der Waals surface area contributed by atoms with Crippen LogP contribution in [-0.2, 0) is 23.0 Å². The standard InChI is InChI=1S/C14H18N2O3S/c1-12-14(19-11-15-12)10-16-20(17,18)9-5-8-13-6-3-2-4-7-13/h2-4,6-7,11,16H,5,8-10H2,1H3. The summed E-state index contributed by atoms with van der Waals surface area (Å²) in [4.78, 5) is 3.92. The maximum absolute atomic E-state index is 11.9. The molecule has 0 aliphatic carbocycles. The van der Waals surface area contributed by atoms with Gasteiger partial charge in [0.25, 0.3) is 0 Å². The number of oxazole rings is 1. The summed E-state index contributed by atoms with van der Waals surface area (Å²) >= 11 is 0. The second-order valence-electron chi connectivity index (χ2n) is 4.59. The second-order valence-corrected chi connectivity index (χ2v) is 6.52. The van der Waals surface area contributed by atoms with Crippen molar-refractivity contribution >= 4 is 10.0 Å².